The summed E-state index contributed by atoms with van der Waals surface area (Å²) >= 11 is 0. The summed E-state index contributed by atoms with van der Waals surface area (Å²) in [6, 6.07) is 16.6. The van der Waals surface area contributed by atoms with E-state index in [2.05, 4.69) is 4.90 Å². The van der Waals surface area contributed by atoms with E-state index >= 15 is 0 Å². The molecule has 0 N–H and O–H groups in total. The van der Waals surface area contributed by atoms with Crippen LogP contribution in [0.15, 0.2) is 54.6 Å². The molecule has 1 unspecified atom stereocenters. The third-order valence-electron chi connectivity index (χ3n) is 4.68. The van der Waals surface area contributed by atoms with E-state index in [9.17, 15) is 14.9 Å². The van der Waals surface area contributed by atoms with E-state index < -0.39 is 5.92 Å². The molecule has 1 saturated heterocycles. The van der Waals surface area contributed by atoms with Gasteiger partial charge in [0.1, 0.15) is 0 Å². The van der Waals surface area contributed by atoms with Crippen LogP contribution in [0.2, 0.25) is 0 Å². The van der Waals surface area contributed by atoms with Crippen LogP contribution in [0.25, 0.3) is 0 Å². The number of para-hydroxylation sites is 1. The van der Waals surface area contributed by atoms with Gasteiger partial charge >= 0.3 is 5.97 Å². The second-order valence-electron chi connectivity index (χ2n) is 6.23. The van der Waals surface area contributed by atoms with Crippen LogP contribution in [0.1, 0.15) is 17.0 Å². The number of nitrogens with zero attached hydrogens (tertiary/aromatic N) is 2. The quantitative estimate of drug-likeness (QED) is 0.475. The maximum Gasteiger partial charge on any atom is 0.310 e. The van der Waals surface area contributed by atoms with Gasteiger partial charge in [-0.3, -0.25) is 19.8 Å². The van der Waals surface area contributed by atoms with Crippen molar-refractivity contribution >= 4 is 11.7 Å². The zero-order valence-corrected chi connectivity index (χ0v) is 14.0. The SMILES string of the molecule is COC(=O)[C@@H]1CN(Cc2ccccc2)CC1c1ccccc1[N+](=O)[O-]. The van der Waals surface area contributed by atoms with Crippen LogP contribution in [-0.4, -0.2) is 36.0 Å². The molecule has 0 bridgehead atoms. The molecule has 3 rings (SSSR count). The second kappa shape index (κ2) is 7.44. The van der Waals surface area contributed by atoms with Crippen molar-refractivity contribution in [2.24, 2.45) is 5.92 Å². The highest BCUT2D eigenvalue weighted by atomic mass is 16.6. The molecule has 2 aromatic carbocycles. The number of ether oxygens (including phenoxy) is 1. The number of hydrogen-bond donors (Lipinski definition) is 0. The molecule has 25 heavy (non-hydrogen) atoms. The highest BCUT2D eigenvalue weighted by molar-refractivity contribution is 5.75. The summed E-state index contributed by atoms with van der Waals surface area (Å²) < 4.78 is 4.95. The second-order valence-corrected chi connectivity index (χ2v) is 6.23. The molecule has 1 aliphatic heterocycles. The van der Waals surface area contributed by atoms with Crippen LogP contribution in [0.4, 0.5) is 5.69 Å². The maximum absolute atomic E-state index is 12.3. The summed E-state index contributed by atoms with van der Waals surface area (Å²) in [5.74, 6) is -0.980. The van der Waals surface area contributed by atoms with E-state index in [4.69, 9.17) is 4.74 Å². The third kappa shape index (κ3) is 3.69. The Morgan fingerprint density at radius 1 is 1.16 bits per heavy atom. The molecule has 0 aliphatic carbocycles. The van der Waals surface area contributed by atoms with Gasteiger partial charge in [0.05, 0.1) is 18.0 Å². The Labute approximate surface area is 146 Å². The molecule has 0 radical (unpaired) electrons. The smallest absolute Gasteiger partial charge is 0.310 e. The van der Waals surface area contributed by atoms with Crippen LogP contribution in [0, 0.1) is 16.0 Å². The summed E-state index contributed by atoms with van der Waals surface area (Å²) in [4.78, 5) is 25.4. The monoisotopic (exact) mass is 340 g/mol. The Bertz CT molecular complexity index is 763. The molecule has 6 nitrogen and oxygen atoms in total. The Kier molecular flexibility index (Phi) is 5.09. The van der Waals surface area contributed by atoms with E-state index in [0.717, 1.165) is 5.56 Å². The van der Waals surface area contributed by atoms with Gasteiger partial charge in [0, 0.05) is 37.2 Å². The zero-order valence-electron chi connectivity index (χ0n) is 14.0. The van der Waals surface area contributed by atoms with Gasteiger partial charge < -0.3 is 4.74 Å². The number of esters is 1. The number of likely N-dealkylation sites (tertiary alicyclic amines) is 1. The van der Waals surface area contributed by atoms with E-state index in [1.807, 2.05) is 30.3 Å². The normalized spacial score (nSPS) is 20.4. The predicted molar refractivity (Wildman–Crippen MR) is 93.1 cm³/mol. The van der Waals surface area contributed by atoms with Crippen molar-refractivity contribution in [3.63, 3.8) is 0 Å². The lowest BCUT2D eigenvalue weighted by atomic mass is 9.88. The van der Waals surface area contributed by atoms with E-state index in [1.165, 1.54) is 13.2 Å². The minimum atomic E-state index is -0.408. The summed E-state index contributed by atoms with van der Waals surface area (Å²) in [6.07, 6.45) is 0. The zero-order chi connectivity index (χ0) is 17.8. The van der Waals surface area contributed by atoms with Gasteiger partial charge in [0.2, 0.25) is 0 Å². The first-order valence-electron chi connectivity index (χ1n) is 8.17. The Morgan fingerprint density at radius 3 is 2.52 bits per heavy atom. The molecule has 0 amide bonds. The highest BCUT2D eigenvalue weighted by Gasteiger charge is 2.41. The lowest BCUT2D eigenvalue weighted by Gasteiger charge is -2.16. The number of methoxy groups -OCH3 is 1. The molecule has 130 valence electrons. The predicted octanol–water partition coefficient (Wildman–Crippen LogP) is 2.98. The molecule has 0 spiro atoms. The van der Waals surface area contributed by atoms with Gasteiger partial charge in [-0.05, 0) is 5.56 Å². The van der Waals surface area contributed by atoms with Gasteiger partial charge in [0.25, 0.3) is 5.69 Å². The Morgan fingerprint density at radius 2 is 1.84 bits per heavy atom. The standard InChI is InChI=1S/C19H20N2O4/c1-25-19(22)17-13-20(11-14-7-3-2-4-8-14)12-16(17)15-9-5-6-10-18(15)21(23)24/h2-10,16-17H,11-13H2,1H3/t16?,17-/m1/s1. The number of nitro benzene ring substituents is 1. The maximum atomic E-state index is 12.3. The summed E-state index contributed by atoms with van der Waals surface area (Å²) in [5.41, 5.74) is 1.80. The first-order valence-corrected chi connectivity index (χ1v) is 8.17. The van der Waals surface area contributed by atoms with Crippen molar-refractivity contribution < 1.29 is 14.5 Å². The van der Waals surface area contributed by atoms with Gasteiger partial charge in [-0.1, -0.05) is 48.5 Å². The number of rotatable bonds is 5. The first kappa shape index (κ1) is 17.1. The number of nitro groups is 1. The fraction of sp³-hybridized carbons (Fsp3) is 0.316. The van der Waals surface area contributed by atoms with Crippen LogP contribution >= 0.6 is 0 Å². The van der Waals surface area contributed by atoms with Crippen molar-refractivity contribution in [2.75, 3.05) is 20.2 Å². The Hall–Kier alpha value is -2.73. The molecule has 6 heteroatoms. The fourth-order valence-electron chi connectivity index (χ4n) is 3.53. The summed E-state index contributed by atoms with van der Waals surface area (Å²) in [6.45, 7) is 1.81. The number of carbonyl (C=O) groups excluding carboxylic acids is 1. The minimum Gasteiger partial charge on any atom is -0.469 e. The van der Waals surface area contributed by atoms with Crippen LogP contribution in [-0.2, 0) is 16.1 Å². The minimum absolute atomic E-state index is 0.0583. The van der Waals surface area contributed by atoms with Crippen molar-refractivity contribution in [1.29, 1.82) is 0 Å². The highest BCUT2D eigenvalue weighted by Crippen LogP contribution is 2.38. The lowest BCUT2D eigenvalue weighted by molar-refractivity contribution is -0.385. The molecule has 2 aromatic rings. The largest absolute Gasteiger partial charge is 0.469 e. The average molecular weight is 340 g/mol. The van der Waals surface area contributed by atoms with Gasteiger partial charge in [0.15, 0.2) is 0 Å². The lowest BCUT2D eigenvalue weighted by Crippen LogP contribution is -2.24. The van der Waals surface area contributed by atoms with Crippen molar-refractivity contribution in [3.8, 4) is 0 Å². The molecule has 0 saturated carbocycles. The molecular formula is C19H20N2O4. The number of benzene rings is 2. The summed E-state index contributed by atoms with van der Waals surface area (Å²) in [7, 11) is 1.36. The van der Waals surface area contributed by atoms with Gasteiger partial charge in [-0.25, -0.2) is 0 Å². The number of carbonyl (C=O) groups is 1. The molecule has 1 heterocycles. The first-order chi connectivity index (χ1) is 12.1. The van der Waals surface area contributed by atoms with E-state index in [0.29, 0.717) is 25.2 Å². The van der Waals surface area contributed by atoms with Crippen LogP contribution in [0.3, 0.4) is 0 Å². The third-order valence-corrected chi connectivity index (χ3v) is 4.68. The van der Waals surface area contributed by atoms with Gasteiger partial charge in [-0.15, -0.1) is 0 Å². The van der Waals surface area contributed by atoms with Crippen LogP contribution in [0.5, 0.6) is 0 Å². The van der Waals surface area contributed by atoms with E-state index in [1.54, 1.807) is 18.2 Å². The fourth-order valence-corrected chi connectivity index (χ4v) is 3.53. The average Bonchev–Trinajstić information content (AvgIpc) is 3.05. The van der Waals surface area contributed by atoms with Crippen molar-refractivity contribution in [1.82, 2.24) is 4.90 Å². The van der Waals surface area contributed by atoms with Gasteiger partial charge in [-0.2, -0.15) is 0 Å². The van der Waals surface area contributed by atoms with Crippen LogP contribution < -0.4 is 0 Å². The van der Waals surface area contributed by atoms with E-state index in [-0.39, 0.29) is 22.5 Å². The van der Waals surface area contributed by atoms with Crippen molar-refractivity contribution in [2.45, 2.75) is 12.5 Å². The molecule has 2 atom stereocenters. The molecule has 1 aliphatic rings. The summed E-state index contributed by atoms with van der Waals surface area (Å²) in [5, 5.41) is 11.4. The molecule has 1 fully saturated rings. The molecule has 0 aromatic heterocycles. The Balaban J connectivity index is 1.88. The topological polar surface area (TPSA) is 72.7 Å². The number of hydrogen-bond acceptors (Lipinski definition) is 5. The van der Waals surface area contributed by atoms with Crippen molar-refractivity contribution in [3.05, 3.63) is 75.8 Å². The molecular weight excluding hydrogens is 320 g/mol.